The monoisotopic (exact) mass is 485 g/mol. The number of fused-ring (bicyclic) bond motifs is 1. The third-order valence-electron chi connectivity index (χ3n) is 6.06. The zero-order chi connectivity index (χ0) is 24.1. The molecule has 2 saturated heterocycles. The molecule has 4 amide bonds. The average molecular weight is 486 g/mol. The number of carbonyl (C=O) groups is 4. The Hall–Kier alpha value is -2.01. The summed E-state index contributed by atoms with van der Waals surface area (Å²) in [6.07, 6.45) is 7.60. The van der Waals surface area contributed by atoms with E-state index in [0.717, 1.165) is 44.3 Å². The number of carboxylic acid groups (broad SMARTS) is 1. The summed E-state index contributed by atoms with van der Waals surface area (Å²) in [6.45, 7) is 1.09. The maximum atomic E-state index is 12.0. The van der Waals surface area contributed by atoms with Crippen LogP contribution in [0, 0.1) is 0 Å². The summed E-state index contributed by atoms with van der Waals surface area (Å²) in [5.74, 6) is -0.275. The summed E-state index contributed by atoms with van der Waals surface area (Å²) in [5, 5.41) is 21.0. The van der Waals surface area contributed by atoms with Crippen LogP contribution in [0.25, 0.3) is 0 Å². The van der Waals surface area contributed by atoms with Gasteiger partial charge in [0.25, 0.3) is 0 Å². The molecule has 0 aromatic rings. The molecule has 0 saturated carbocycles. The summed E-state index contributed by atoms with van der Waals surface area (Å²) in [4.78, 5) is 46.6. The minimum Gasteiger partial charge on any atom is -0.480 e. The predicted molar refractivity (Wildman–Crippen MR) is 128 cm³/mol. The average Bonchev–Trinajstić information content (AvgIpc) is 3.32. The number of amides is 4. The molecule has 10 nitrogen and oxygen atoms in total. The minimum absolute atomic E-state index is 0.0438. The van der Waals surface area contributed by atoms with Crippen LogP contribution in [0.3, 0.4) is 0 Å². The number of aliphatic carboxylic acids is 1. The van der Waals surface area contributed by atoms with Crippen molar-refractivity contribution in [2.24, 2.45) is 5.73 Å². The minimum atomic E-state index is -1.02. The van der Waals surface area contributed by atoms with E-state index >= 15 is 0 Å². The van der Waals surface area contributed by atoms with Crippen LogP contribution in [-0.4, -0.2) is 71.1 Å². The lowest BCUT2D eigenvalue weighted by Crippen LogP contribution is -2.40. The molecule has 0 spiro atoms. The lowest BCUT2D eigenvalue weighted by molar-refractivity contribution is -0.142. The Labute approximate surface area is 199 Å². The zero-order valence-corrected chi connectivity index (χ0v) is 20.1. The molecule has 0 radical (unpaired) electrons. The number of rotatable bonds is 17. The van der Waals surface area contributed by atoms with Crippen molar-refractivity contribution in [2.75, 3.05) is 18.8 Å². The fourth-order valence-electron chi connectivity index (χ4n) is 4.19. The Morgan fingerprint density at radius 1 is 1.03 bits per heavy atom. The molecule has 188 valence electrons. The van der Waals surface area contributed by atoms with E-state index in [1.807, 2.05) is 11.8 Å². The Kier molecular flexibility index (Phi) is 12.4. The van der Waals surface area contributed by atoms with E-state index in [0.29, 0.717) is 44.0 Å². The summed E-state index contributed by atoms with van der Waals surface area (Å²) in [5.41, 5.74) is 5.41. The van der Waals surface area contributed by atoms with E-state index in [2.05, 4.69) is 21.3 Å². The molecular formula is C22H39N5O5S. The number of thioether (sulfide) groups is 1. The molecule has 11 heteroatoms. The first-order valence-electron chi connectivity index (χ1n) is 12.1. The van der Waals surface area contributed by atoms with Crippen molar-refractivity contribution in [1.29, 1.82) is 0 Å². The molecule has 7 N–H and O–H groups in total. The highest BCUT2D eigenvalue weighted by Gasteiger charge is 2.42. The number of nitrogens with one attached hydrogen (secondary N) is 4. The fourth-order valence-corrected chi connectivity index (χ4v) is 5.74. The van der Waals surface area contributed by atoms with Gasteiger partial charge in [-0.15, -0.1) is 0 Å². The standard InChI is InChI=1S/C22H39N5O5S/c23-12-6-5-8-15(21(30)31)25-19(29)11-2-1-7-13-24-18(28)10-4-3-9-17-20-16(14-33-17)26-22(32)27-20/h15-17,20H,1-14,23H2,(H,24,28)(H,25,29)(H,30,31)(H2,26,27,32)/t15-,16-,17-,20-/m0/s1. The van der Waals surface area contributed by atoms with E-state index in [1.165, 1.54) is 0 Å². The molecule has 0 bridgehead atoms. The smallest absolute Gasteiger partial charge is 0.326 e. The molecule has 2 aliphatic rings. The first-order valence-corrected chi connectivity index (χ1v) is 13.1. The van der Waals surface area contributed by atoms with E-state index in [4.69, 9.17) is 5.73 Å². The van der Waals surface area contributed by atoms with Gasteiger partial charge in [0.05, 0.1) is 12.1 Å². The highest BCUT2D eigenvalue weighted by molar-refractivity contribution is 8.00. The van der Waals surface area contributed by atoms with Crippen molar-refractivity contribution >= 4 is 35.6 Å². The normalized spacial score (nSPS) is 22.2. The van der Waals surface area contributed by atoms with Crippen molar-refractivity contribution in [3.8, 4) is 0 Å². The van der Waals surface area contributed by atoms with Crippen LogP contribution >= 0.6 is 11.8 Å². The first-order chi connectivity index (χ1) is 15.9. The van der Waals surface area contributed by atoms with Crippen molar-refractivity contribution in [3.63, 3.8) is 0 Å². The molecule has 0 unspecified atom stereocenters. The number of urea groups is 1. The number of carbonyl (C=O) groups excluding carboxylic acids is 3. The van der Waals surface area contributed by atoms with E-state index < -0.39 is 12.0 Å². The van der Waals surface area contributed by atoms with Crippen LogP contribution < -0.4 is 27.0 Å². The Morgan fingerprint density at radius 3 is 2.55 bits per heavy atom. The van der Waals surface area contributed by atoms with E-state index in [1.54, 1.807) is 0 Å². The van der Waals surface area contributed by atoms with Gasteiger partial charge in [-0.3, -0.25) is 9.59 Å². The summed E-state index contributed by atoms with van der Waals surface area (Å²) < 4.78 is 0. The third kappa shape index (κ3) is 10.2. The van der Waals surface area contributed by atoms with Crippen molar-refractivity contribution < 1.29 is 24.3 Å². The fraction of sp³-hybridized carbons (Fsp3) is 0.818. The lowest BCUT2D eigenvalue weighted by Gasteiger charge is -2.16. The van der Waals surface area contributed by atoms with Crippen LogP contribution in [0.1, 0.15) is 70.6 Å². The van der Waals surface area contributed by atoms with Crippen molar-refractivity contribution in [3.05, 3.63) is 0 Å². The predicted octanol–water partition coefficient (Wildman–Crippen LogP) is 1.09. The number of nitrogens with two attached hydrogens (primary N) is 1. The van der Waals surface area contributed by atoms with Gasteiger partial charge in [-0.25, -0.2) is 9.59 Å². The maximum Gasteiger partial charge on any atom is 0.326 e. The number of carboxylic acids is 1. The van der Waals surface area contributed by atoms with Crippen LogP contribution in [-0.2, 0) is 14.4 Å². The molecule has 33 heavy (non-hydrogen) atoms. The molecule has 2 aliphatic heterocycles. The van der Waals surface area contributed by atoms with Gasteiger partial charge in [0.15, 0.2) is 0 Å². The van der Waals surface area contributed by atoms with Gasteiger partial charge < -0.3 is 32.1 Å². The second kappa shape index (κ2) is 15.0. The van der Waals surface area contributed by atoms with Crippen molar-refractivity contribution in [1.82, 2.24) is 21.3 Å². The maximum absolute atomic E-state index is 12.0. The first kappa shape index (κ1) is 27.2. The summed E-state index contributed by atoms with van der Waals surface area (Å²) in [7, 11) is 0. The Bertz CT molecular complexity index is 665. The topological polar surface area (TPSA) is 163 Å². The van der Waals surface area contributed by atoms with Gasteiger partial charge in [-0.05, 0) is 51.5 Å². The van der Waals surface area contributed by atoms with Gasteiger partial charge in [-0.2, -0.15) is 11.8 Å². The van der Waals surface area contributed by atoms with Crippen LogP contribution in [0.2, 0.25) is 0 Å². The van der Waals surface area contributed by atoms with Crippen LogP contribution in [0.15, 0.2) is 0 Å². The molecule has 0 aromatic heterocycles. The second-order valence-electron chi connectivity index (χ2n) is 8.77. The number of unbranched alkanes of at least 4 members (excludes halogenated alkanes) is 4. The van der Waals surface area contributed by atoms with Gasteiger partial charge in [-0.1, -0.05) is 12.8 Å². The highest BCUT2D eigenvalue weighted by Crippen LogP contribution is 2.33. The largest absolute Gasteiger partial charge is 0.480 e. The van der Waals surface area contributed by atoms with Crippen LogP contribution in [0.4, 0.5) is 4.79 Å². The Balaban J connectivity index is 1.44. The second-order valence-corrected chi connectivity index (χ2v) is 10.0. The SMILES string of the molecule is NCCCC[C@H](NC(=O)CCCCCNC(=O)CCCC[C@@H]1SC[C@@H]2NC(=O)N[C@@H]21)C(=O)O. The third-order valence-corrected chi connectivity index (χ3v) is 7.57. The van der Waals surface area contributed by atoms with Gasteiger partial charge in [0.1, 0.15) is 6.04 Å². The zero-order valence-electron chi connectivity index (χ0n) is 19.3. The summed E-state index contributed by atoms with van der Waals surface area (Å²) in [6, 6.07) is -0.477. The van der Waals surface area contributed by atoms with Gasteiger partial charge in [0, 0.05) is 30.4 Å². The van der Waals surface area contributed by atoms with Crippen molar-refractivity contribution in [2.45, 2.75) is 94.0 Å². The van der Waals surface area contributed by atoms with Crippen LogP contribution in [0.5, 0.6) is 0 Å². The summed E-state index contributed by atoms with van der Waals surface area (Å²) >= 11 is 1.89. The molecular weight excluding hydrogens is 446 g/mol. The van der Waals surface area contributed by atoms with E-state index in [-0.39, 0.29) is 36.3 Å². The van der Waals surface area contributed by atoms with Gasteiger partial charge >= 0.3 is 12.0 Å². The lowest BCUT2D eigenvalue weighted by atomic mass is 10.0. The van der Waals surface area contributed by atoms with E-state index in [9.17, 15) is 24.3 Å². The molecule has 2 rings (SSSR count). The molecule has 2 fully saturated rings. The van der Waals surface area contributed by atoms with Gasteiger partial charge in [0.2, 0.25) is 11.8 Å². The number of hydrogen-bond donors (Lipinski definition) is 6. The molecule has 0 aromatic carbocycles. The molecule has 0 aliphatic carbocycles. The quantitative estimate of drug-likeness (QED) is 0.133. The number of hydrogen-bond acceptors (Lipinski definition) is 6. The Morgan fingerprint density at radius 2 is 1.79 bits per heavy atom. The molecule has 4 atom stereocenters. The molecule has 2 heterocycles. The highest BCUT2D eigenvalue weighted by atomic mass is 32.2.